The Bertz CT molecular complexity index is 10800. The minimum absolute atomic E-state index is 0.665. The van der Waals surface area contributed by atoms with E-state index in [-0.39, 0.29) is 0 Å². The zero-order chi connectivity index (χ0) is 97.4. The number of benzene rings is 22. The lowest BCUT2D eigenvalue weighted by Crippen LogP contribution is -2.03. The van der Waals surface area contributed by atoms with Crippen LogP contribution in [0.1, 0.15) is 0 Å². The van der Waals surface area contributed by atoms with Crippen LogP contribution in [0.5, 0.6) is 0 Å². The molecule has 31 rings (SSSR count). The third kappa shape index (κ3) is 14.1. The lowest BCUT2D eigenvalue weighted by Gasteiger charge is -2.14. The Morgan fingerprint density at radius 2 is 0.378 bits per heavy atom. The highest BCUT2D eigenvalue weighted by atomic mass is 15.2. The van der Waals surface area contributed by atoms with Crippen LogP contribution >= 0.6 is 0 Å². The Balaban J connectivity index is 0.000000105. The van der Waals surface area contributed by atoms with Crippen molar-refractivity contribution in [1.82, 2.24) is 57.3 Å². The highest BCUT2D eigenvalue weighted by Crippen LogP contribution is 2.47. The van der Waals surface area contributed by atoms with E-state index in [1.165, 1.54) is 142 Å². The summed E-state index contributed by atoms with van der Waals surface area (Å²) in [5.41, 5.74) is 33.8. The normalized spacial score (nSPS) is 11.8. The molecule has 12 nitrogen and oxygen atoms in total. The lowest BCUT2D eigenvalue weighted by molar-refractivity contribution is 1.01. The van der Waals surface area contributed by atoms with E-state index in [9.17, 15) is 0 Å². The Labute approximate surface area is 849 Å². The Kier molecular flexibility index (Phi) is 20.0. The summed E-state index contributed by atoms with van der Waals surface area (Å²) in [6, 6.07) is 185. The molecule has 0 aliphatic rings. The molecule has 0 fully saturated rings. The van der Waals surface area contributed by atoms with Crippen LogP contribution in [0.4, 0.5) is 0 Å². The summed E-state index contributed by atoms with van der Waals surface area (Å²) in [5, 5.41) is 19.2. The average Bonchev–Trinajstić information content (AvgIpc) is 1.57. The SMILES string of the molecule is c1ccc(-c2nc(-n3c4ccccc4c4cc(-c5ccc6c(c5)c5c7ccccc7ccc5n6-c5ccccc5)ccc43)nc3ccccc23)cc1.c1ccc(-c2nc(-n3c4ccccc4c4cc(-c5ccc6c(c5)c5ccccc5n6-c5ccccc5)ccc43)nc3ccccc23)cc1.c1ccc(-c2nc3ccccc3nc2-n2c3ccccc3c3cc(-c4ccc5c(c4)c4ccccc4n5-c4ccccc4)ccc32)cc1. The van der Waals surface area contributed by atoms with E-state index in [0.29, 0.717) is 11.9 Å². The first-order chi connectivity index (χ1) is 73.4. The molecular formula is C136H86N12. The van der Waals surface area contributed by atoms with Crippen molar-refractivity contribution in [3.05, 3.63) is 522 Å². The molecule has 0 bridgehead atoms. The average molecular weight is 1890 g/mol. The van der Waals surface area contributed by atoms with Gasteiger partial charge < -0.3 is 13.7 Å². The van der Waals surface area contributed by atoms with Gasteiger partial charge in [-0.3, -0.25) is 13.7 Å². The number of rotatable bonds is 12. The molecule has 0 unspecified atom stereocenters. The van der Waals surface area contributed by atoms with Crippen molar-refractivity contribution >= 4 is 174 Å². The summed E-state index contributed by atoms with van der Waals surface area (Å²) in [7, 11) is 0. The van der Waals surface area contributed by atoms with Gasteiger partial charge in [0.25, 0.3) is 0 Å². The monoisotopic (exact) mass is 1890 g/mol. The summed E-state index contributed by atoms with van der Waals surface area (Å²) in [4.78, 5) is 31.2. The largest absolute Gasteiger partial charge is 0.309 e. The topological polar surface area (TPSA) is 107 Å². The fourth-order valence-electron chi connectivity index (χ4n) is 22.9. The van der Waals surface area contributed by atoms with Crippen LogP contribution in [0.3, 0.4) is 0 Å². The molecule has 0 amide bonds. The maximum Gasteiger partial charge on any atom is 0.235 e. The number of hydrogen-bond donors (Lipinski definition) is 0. The number of fused-ring (bicyclic) bond motifs is 23. The van der Waals surface area contributed by atoms with Crippen molar-refractivity contribution in [1.29, 1.82) is 0 Å². The molecule has 9 heterocycles. The van der Waals surface area contributed by atoms with Crippen LogP contribution in [-0.4, -0.2) is 57.3 Å². The molecule has 0 saturated carbocycles. The second-order valence-corrected chi connectivity index (χ2v) is 37.9. The van der Waals surface area contributed by atoms with Crippen molar-refractivity contribution in [3.8, 4) is 102 Å². The highest BCUT2D eigenvalue weighted by Gasteiger charge is 2.27. The minimum atomic E-state index is 0.665. The Hall–Kier alpha value is -20.1. The van der Waals surface area contributed by atoms with Gasteiger partial charge in [0.15, 0.2) is 5.82 Å². The van der Waals surface area contributed by atoms with Crippen molar-refractivity contribution in [2.24, 2.45) is 0 Å². The van der Waals surface area contributed by atoms with Gasteiger partial charge in [-0.25, -0.2) is 29.9 Å². The molecule has 0 N–H and O–H groups in total. The number of aromatic nitrogens is 12. The number of hydrogen-bond acceptors (Lipinski definition) is 6. The first-order valence-corrected chi connectivity index (χ1v) is 50.2. The Morgan fingerprint density at radius 1 is 0.128 bits per heavy atom. The van der Waals surface area contributed by atoms with Gasteiger partial charge in [0.2, 0.25) is 11.9 Å². The van der Waals surface area contributed by atoms with E-state index < -0.39 is 0 Å². The Morgan fingerprint density at radius 3 is 0.757 bits per heavy atom. The summed E-state index contributed by atoms with van der Waals surface area (Å²) in [6.45, 7) is 0. The molecule has 0 radical (unpaired) electrons. The van der Waals surface area contributed by atoms with Gasteiger partial charge >= 0.3 is 0 Å². The minimum Gasteiger partial charge on any atom is -0.309 e. The van der Waals surface area contributed by atoms with Crippen LogP contribution in [0.15, 0.2) is 522 Å². The van der Waals surface area contributed by atoms with Crippen molar-refractivity contribution in [3.63, 3.8) is 0 Å². The van der Waals surface area contributed by atoms with Gasteiger partial charge in [0.1, 0.15) is 5.69 Å². The fourth-order valence-corrected chi connectivity index (χ4v) is 22.9. The molecule has 0 saturated heterocycles. The predicted molar refractivity (Wildman–Crippen MR) is 615 cm³/mol. The smallest absolute Gasteiger partial charge is 0.235 e. The zero-order valence-corrected chi connectivity index (χ0v) is 80.0. The summed E-state index contributed by atoms with van der Waals surface area (Å²) >= 11 is 0. The summed E-state index contributed by atoms with van der Waals surface area (Å²) in [6.07, 6.45) is 0. The van der Waals surface area contributed by atoms with Crippen LogP contribution in [0.2, 0.25) is 0 Å². The molecule has 9 aromatic heterocycles. The van der Waals surface area contributed by atoms with E-state index >= 15 is 0 Å². The van der Waals surface area contributed by atoms with Crippen molar-refractivity contribution < 1.29 is 0 Å². The fraction of sp³-hybridized carbons (Fsp3) is 0. The van der Waals surface area contributed by atoms with Gasteiger partial charge in [-0.2, -0.15) is 0 Å². The molecule has 690 valence electrons. The van der Waals surface area contributed by atoms with E-state index in [4.69, 9.17) is 29.9 Å². The second kappa shape index (κ2) is 35.0. The van der Waals surface area contributed by atoms with E-state index in [0.717, 1.165) is 123 Å². The van der Waals surface area contributed by atoms with Crippen molar-refractivity contribution in [2.75, 3.05) is 0 Å². The molecule has 0 spiro atoms. The molecule has 148 heavy (non-hydrogen) atoms. The van der Waals surface area contributed by atoms with Gasteiger partial charge in [-0.1, -0.05) is 352 Å². The van der Waals surface area contributed by atoms with Gasteiger partial charge in [0.05, 0.1) is 99.7 Å². The van der Waals surface area contributed by atoms with Crippen LogP contribution < -0.4 is 0 Å². The maximum absolute atomic E-state index is 5.26. The van der Waals surface area contributed by atoms with Gasteiger partial charge in [0, 0.05) is 109 Å². The van der Waals surface area contributed by atoms with Gasteiger partial charge in [-0.15, -0.1) is 0 Å². The molecule has 0 aliphatic carbocycles. The van der Waals surface area contributed by atoms with Gasteiger partial charge in [-0.05, 0) is 214 Å². The molecule has 12 heteroatoms. The van der Waals surface area contributed by atoms with Crippen LogP contribution in [0, 0.1) is 0 Å². The predicted octanol–water partition coefficient (Wildman–Crippen LogP) is 34.6. The molecule has 0 atom stereocenters. The maximum atomic E-state index is 5.26. The molecule has 31 aromatic rings. The van der Waals surface area contributed by atoms with E-state index in [2.05, 4.69) is 495 Å². The van der Waals surface area contributed by atoms with Crippen LogP contribution in [0.25, 0.3) is 276 Å². The lowest BCUT2D eigenvalue weighted by atomic mass is 9.99. The van der Waals surface area contributed by atoms with Crippen LogP contribution in [-0.2, 0) is 0 Å². The number of nitrogens with zero attached hydrogens (tertiary/aromatic N) is 12. The molecule has 0 aliphatic heterocycles. The second-order valence-electron chi connectivity index (χ2n) is 37.9. The summed E-state index contributed by atoms with van der Waals surface area (Å²) in [5.74, 6) is 2.16. The highest BCUT2D eigenvalue weighted by molar-refractivity contribution is 6.23. The standard InChI is InChI=1S/C48H30N4.2C44H28N4/c1-3-14-32(15-4-1)47-38-20-9-11-21-41(38)49-48(50-47)52-42-22-12-10-19-37(42)39-29-33(24-26-43(39)52)34-25-27-44-40(30-34)46-36-18-8-7-13-31(36)23-28-45(46)51(44)35-16-5-2-6-17-35;1-3-13-29(14-4-1)43-44(46-38-20-10-9-19-37(38)45-43)48-40-22-12-8-18-34(40)36-28-31(24-26-42(36)48)30-23-25-41-35(27-30)33-17-7-11-21-39(33)47(41)32-15-5-2-6-16-32;1-3-13-29(14-4-1)43-35-19-7-10-20-38(35)45-44(46-43)48-40-22-12-9-18-34(40)37-28-31(24-26-42(37)48)30-23-25-41-36(27-30)33-17-8-11-21-39(33)47(41)32-15-5-2-6-16-32/h1-30H;2*1-28H. The van der Waals surface area contributed by atoms with E-state index in [1.54, 1.807) is 0 Å². The molecular weight excluding hydrogens is 1800 g/mol. The van der Waals surface area contributed by atoms with Crippen molar-refractivity contribution in [2.45, 2.75) is 0 Å². The number of para-hydroxylation sites is 12. The molecule has 22 aromatic carbocycles. The first kappa shape index (κ1) is 84.8. The zero-order valence-electron chi connectivity index (χ0n) is 80.0. The third-order valence-corrected chi connectivity index (χ3v) is 29.5. The first-order valence-electron chi connectivity index (χ1n) is 50.2. The summed E-state index contributed by atoms with van der Waals surface area (Å²) < 4.78 is 13.8. The third-order valence-electron chi connectivity index (χ3n) is 29.5. The quantitative estimate of drug-likeness (QED) is 0.121. The van der Waals surface area contributed by atoms with E-state index in [1.807, 2.05) is 54.6 Å².